The van der Waals surface area contributed by atoms with E-state index in [1.54, 1.807) is 135 Å². The number of aliphatic imine (C=N–C) groups is 2. The van der Waals surface area contributed by atoms with Gasteiger partial charge in [0.25, 0.3) is 52.5 Å². The van der Waals surface area contributed by atoms with E-state index >= 15 is 0 Å². The molecule has 126 heavy (non-hydrogen) atoms. The number of thioether (sulfide) groups is 6. The summed E-state index contributed by atoms with van der Waals surface area (Å²) in [5, 5.41) is 55.7. The van der Waals surface area contributed by atoms with Crippen LogP contribution in [-0.2, 0) is 34.9 Å². The molecule has 6 aliphatic heterocycles. The number of amidine groups is 4. The Morgan fingerprint density at radius 2 is 0.873 bits per heavy atom. The van der Waals surface area contributed by atoms with E-state index in [1.165, 1.54) is 90.8 Å². The number of nitrogens with zero attached hydrogens (tertiary/aromatic N) is 6. The quantitative estimate of drug-likeness (QED) is 0.0165. The zero-order chi connectivity index (χ0) is 90.2. The molecule has 6 aromatic carbocycles. The number of amides is 6. The number of nitro groups is 3. The summed E-state index contributed by atoms with van der Waals surface area (Å²) in [7, 11) is 3.13. The molecule has 0 radical (unpaired) electrons. The first-order valence-electron chi connectivity index (χ1n) is 35.6. The minimum Gasteiger partial charge on any atom is -0.496 e. The summed E-state index contributed by atoms with van der Waals surface area (Å²) >= 11 is 16.2. The molecule has 6 aliphatic rings. The van der Waals surface area contributed by atoms with Crippen LogP contribution >= 0.6 is 95.0 Å². The van der Waals surface area contributed by atoms with Crippen LogP contribution in [0.1, 0.15) is 39.9 Å². The van der Waals surface area contributed by atoms with Crippen LogP contribution in [0.4, 0.5) is 34.6 Å². The Labute approximate surface area is 743 Å². The fraction of sp³-hybridized carbons (Fsp3) is 0.0361. The second-order valence-corrected chi connectivity index (χ2v) is 32.9. The van der Waals surface area contributed by atoms with Crippen LogP contribution in [0, 0.1) is 47.0 Å². The van der Waals surface area contributed by atoms with E-state index < -0.39 is 32.4 Å². The molecular formula is C83H55F4N13O18S8. The first-order valence-corrected chi connectivity index (χ1v) is 41.3. The number of hydrogen-bond donors (Lipinski definition) is 7. The minimum atomic E-state index is -4.48. The lowest BCUT2D eigenvalue weighted by atomic mass is 10.1. The van der Waals surface area contributed by atoms with Crippen LogP contribution in [0.3, 0.4) is 0 Å². The Kier molecular flexibility index (Phi) is 29.4. The predicted molar refractivity (Wildman–Crippen MR) is 483 cm³/mol. The Bertz CT molecular complexity index is 6570. The third-order valence-corrected chi connectivity index (χ3v) is 22.6. The van der Waals surface area contributed by atoms with Gasteiger partial charge in [-0.15, -0.1) is 0 Å². The molecular weight excluding hydrogens is 1800 g/mol. The van der Waals surface area contributed by atoms with Gasteiger partial charge in [-0.25, -0.2) is 4.39 Å². The van der Waals surface area contributed by atoms with Crippen molar-refractivity contribution in [1.82, 2.24) is 20.9 Å². The van der Waals surface area contributed by atoms with E-state index in [4.69, 9.17) is 73.5 Å². The molecule has 43 heteroatoms. The Hall–Kier alpha value is -14.3. The van der Waals surface area contributed by atoms with Gasteiger partial charge in [0, 0.05) is 72.8 Å². The van der Waals surface area contributed by atoms with Gasteiger partial charge in [0.1, 0.15) is 77.8 Å². The van der Waals surface area contributed by atoms with Gasteiger partial charge >= 0.3 is 6.18 Å². The number of carbonyl (C=O) groups is 6. The second-order valence-electron chi connectivity index (χ2n) is 25.3. The van der Waals surface area contributed by atoms with Gasteiger partial charge in [-0.3, -0.25) is 74.8 Å². The molecule has 17 rings (SSSR count). The fourth-order valence-corrected chi connectivity index (χ4v) is 16.1. The third-order valence-electron chi connectivity index (χ3n) is 16.8. The lowest BCUT2D eigenvalue weighted by molar-refractivity contribution is -0.384. The monoisotopic (exact) mass is 1850 g/mol. The van der Waals surface area contributed by atoms with Crippen molar-refractivity contribution in [3.05, 3.63) is 312 Å². The number of hydrogen-bond acceptors (Lipinski definition) is 30. The number of para-hydroxylation sites is 3. The average Bonchev–Trinajstić information content (AvgIpc) is 1.55. The smallest absolute Gasteiger partial charge is 0.417 e. The van der Waals surface area contributed by atoms with Crippen molar-refractivity contribution in [1.29, 1.82) is 10.8 Å². The zero-order valence-corrected chi connectivity index (χ0v) is 70.6. The van der Waals surface area contributed by atoms with Crippen molar-refractivity contribution in [2.75, 3.05) is 14.2 Å². The lowest BCUT2D eigenvalue weighted by Gasteiger charge is -2.10. The van der Waals surface area contributed by atoms with E-state index in [0.29, 0.717) is 102 Å². The van der Waals surface area contributed by atoms with Crippen LogP contribution in [0.5, 0.6) is 5.75 Å². The molecule has 636 valence electrons. The number of benzene rings is 6. The first-order chi connectivity index (χ1) is 60.2. The number of likely N-dealkylation sites (N-methyl/N-ethyl adjacent to an activating group) is 1. The zero-order valence-electron chi connectivity index (χ0n) is 64.1. The summed E-state index contributed by atoms with van der Waals surface area (Å²) < 4.78 is 86.3. The van der Waals surface area contributed by atoms with Crippen molar-refractivity contribution >= 4 is 213 Å². The topological polar surface area (TPSA) is 471 Å². The largest absolute Gasteiger partial charge is 0.496 e. The number of halogens is 4. The molecule has 5 aromatic heterocycles. The third kappa shape index (κ3) is 23.5. The maximum Gasteiger partial charge on any atom is 0.417 e. The maximum atomic E-state index is 13.2. The number of furan rings is 5. The van der Waals surface area contributed by atoms with Crippen LogP contribution in [0.25, 0.3) is 93.1 Å². The van der Waals surface area contributed by atoms with Crippen molar-refractivity contribution in [2.45, 2.75) is 6.18 Å². The van der Waals surface area contributed by atoms with Crippen molar-refractivity contribution in [2.24, 2.45) is 21.5 Å². The van der Waals surface area contributed by atoms with Crippen LogP contribution in [0.15, 0.2) is 268 Å². The van der Waals surface area contributed by atoms with Gasteiger partial charge in [0.15, 0.2) is 20.7 Å². The number of ether oxygens (including phenoxy) is 1. The molecule has 11 heterocycles. The maximum absolute atomic E-state index is 13.2. The summed E-state index contributed by atoms with van der Waals surface area (Å²) in [5.41, 5.74) is 12.8. The van der Waals surface area contributed by atoms with Crippen LogP contribution < -0.4 is 32.2 Å². The molecule has 0 aliphatic carbocycles. The van der Waals surface area contributed by atoms with E-state index in [-0.39, 0.29) is 95.1 Å². The van der Waals surface area contributed by atoms with Crippen molar-refractivity contribution in [3.63, 3.8) is 0 Å². The highest BCUT2D eigenvalue weighted by atomic mass is 32.2. The number of nitro benzene ring substituents is 3. The minimum absolute atomic E-state index is 0.00895. The van der Waals surface area contributed by atoms with Gasteiger partial charge < -0.3 is 54.2 Å². The summed E-state index contributed by atoms with van der Waals surface area (Å²) in [6.07, 6.45) is 4.77. The van der Waals surface area contributed by atoms with Crippen molar-refractivity contribution < 1.29 is 87.9 Å². The standard InChI is InChI=1S/C15H9F3N2O2S.C15H11N3O4S.C15H12N2O3S.C14H9FN2O2S.C14H8N2O4S2.C10H6N2O3S2/c16-15(17,18)10-4-2-1-3-9(10)11-6-5-8(22-11)7-12-13(21)20-14(19)23-12;1-17-14(19)13(23-15(17)16)8-9-6-7-12(22-9)10-4-2-3-5-11(10)18(20)21;1-19-11-5-3-2-4-10(11)12-7-6-9(20-12)8-13-14(18)17-15(16)21-13;15-9-3-1-2-8(6-9)11-5-4-10(19-11)7-12-13(18)17-14(16)20-12;17-13-12(22-14(21)15-13)7-8-5-6-11(20-8)9-3-1-2-4-10(9)16(18)19;13-9-8(17-10(16)11-9)5-6-2-1-3-7(4-6)12(14)15/h1-7H,(H2,19,20,21);2-8,16H,1H3;2-8H,1H3,(H2,16,17,18);1-7H,(H2,16,17,18);1-7H,(H,15,17,21);1-5H,(H,11,13,16)/b12-7-;13-8-,16-15?;13-8-;2*12-7-;8-5-. The van der Waals surface area contributed by atoms with E-state index in [9.17, 15) is 76.7 Å². The summed E-state index contributed by atoms with van der Waals surface area (Å²) in [6, 6.07) is 53.9. The van der Waals surface area contributed by atoms with Gasteiger partial charge in [0.05, 0.1) is 73.6 Å². The van der Waals surface area contributed by atoms with E-state index in [0.717, 1.165) is 88.0 Å². The molecule has 11 aromatic rings. The number of rotatable bonds is 15. The van der Waals surface area contributed by atoms with Gasteiger partial charge in [-0.05, 0) is 162 Å². The van der Waals surface area contributed by atoms with Gasteiger partial charge in [-0.2, -0.15) is 23.2 Å². The molecule has 9 N–H and O–H groups in total. The fourth-order valence-electron chi connectivity index (χ4n) is 11.2. The van der Waals surface area contributed by atoms with Crippen LogP contribution in [0.2, 0.25) is 0 Å². The number of nitrogens with one attached hydrogen (secondary N) is 5. The number of methoxy groups -OCH3 is 1. The van der Waals surface area contributed by atoms with Crippen LogP contribution in [-0.4, -0.2) is 98.6 Å². The number of carbonyl (C=O) groups excluding carboxylic acids is 6. The summed E-state index contributed by atoms with van der Waals surface area (Å²) in [6.45, 7) is 0. The van der Waals surface area contributed by atoms with E-state index in [1.807, 2.05) is 30.3 Å². The molecule has 6 amide bonds. The number of nitrogens with two attached hydrogens (primary N) is 2. The second kappa shape index (κ2) is 40.8. The Balaban J connectivity index is 0.000000138. The molecule has 0 atom stereocenters. The van der Waals surface area contributed by atoms with Gasteiger partial charge in [0.2, 0.25) is 0 Å². The van der Waals surface area contributed by atoms with Gasteiger partial charge in [-0.1, -0.05) is 127 Å². The molecule has 0 saturated carbocycles. The molecule has 0 bridgehead atoms. The number of thiocarbonyl (C=S) groups is 2. The summed E-state index contributed by atoms with van der Waals surface area (Å²) in [4.78, 5) is 111. The lowest BCUT2D eigenvalue weighted by Crippen LogP contribution is -2.22. The Morgan fingerprint density at radius 1 is 0.460 bits per heavy atom. The number of alkyl halides is 3. The van der Waals surface area contributed by atoms with Crippen molar-refractivity contribution in [3.8, 4) is 62.4 Å². The first kappa shape index (κ1) is 90.9. The Morgan fingerprint density at radius 3 is 1.30 bits per heavy atom. The molecule has 31 nitrogen and oxygen atoms in total. The molecule has 4 fully saturated rings. The predicted octanol–water partition coefficient (Wildman–Crippen LogP) is 18.8. The van der Waals surface area contributed by atoms with E-state index in [2.05, 4.69) is 25.9 Å². The summed E-state index contributed by atoms with van der Waals surface area (Å²) in [5.74, 6) is 2.51. The highest BCUT2D eigenvalue weighted by Gasteiger charge is 2.35. The number of non-ortho nitro benzene ring substituents is 1. The molecule has 4 saturated heterocycles. The highest BCUT2D eigenvalue weighted by molar-refractivity contribution is 8.27. The highest BCUT2D eigenvalue weighted by Crippen LogP contribution is 2.42. The normalized spacial score (nSPS) is 16.6. The molecule has 0 spiro atoms. The molecule has 0 unspecified atom stereocenters. The average molecular weight is 1850 g/mol. The SMILES string of the molecule is CN1C(=N)S/C(=C\c2ccc(-c3ccccc3[N+](=O)[O-])o2)C1=O.COc1ccccc1-c1ccc(/C=C2\SC(=N)NC2=O)o1.NC1=NC(=O)/C(=C/c2ccc(-c3cccc(F)c3)o2)S1.NC1=NC(=O)/C(=C/c2ccc(-c3ccccc3C(F)(F)F)o2)S1.O=C1NC(=S)S/C1=C\c1ccc(-c2ccccc2[N+](=O)[O-])o1.O=C1NC(=S)S/C1=C\c1cccc([N+](=O)[O-])c1.